The molecule has 3 aromatic carbocycles. The minimum Gasteiger partial charge on any atom is -0.493 e. The van der Waals surface area contributed by atoms with Crippen molar-refractivity contribution in [2.24, 2.45) is 0 Å². The molecule has 0 saturated heterocycles. The Balaban J connectivity index is 1.50. The fraction of sp³-hybridized carbons (Fsp3) is 0.231. The summed E-state index contributed by atoms with van der Waals surface area (Å²) in [6.07, 6.45) is 0.610. The first kappa shape index (κ1) is 22.7. The third-order valence-electron chi connectivity index (χ3n) is 5.77. The van der Waals surface area contributed by atoms with Crippen LogP contribution in [0.5, 0.6) is 11.5 Å². The summed E-state index contributed by atoms with van der Waals surface area (Å²) in [4.78, 5) is 28.0. The van der Waals surface area contributed by atoms with Gasteiger partial charge in [0.2, 0.25) is 5.91 Å². The smallest absolute Gasteiger partial charge is 0.255 e. The van der Waals surface area contributed by atoms with Crippen LogP contribution in [0.3, 0.4) is 0 Å². The Morgan fingerprint density at radius 1 is 1.00 bits per heavy atom. The van der Waals surface area contributed by atoms with Gasteiger partial charge in [0, 0.05) is 23.7 Å². The molecule has 0 fully saturated rings. The molecule has 1 N–H and O–H groups in total. The van der Waals surface area contributed by atoms with E-state index >= 15 is 0 Å². The van der Waals surface area contributed by atoms with E-state index in [1.807, 2.05) is 54.6 Å². The fourth-order valence-corrected chi connectivity index (χ4v) is 4.28. The van der Waals surface area contributed by atoms with E-state index in [1.165, 1.54) is 0 Å². The number of carbonyl (C=O) groups is 2. The summed E-state index contributed by atoms with van der Waals surface area (Å²) >= 11 is 6.33. The highest BCUT2D eigenvalue weighted by atomic mass is 35.5. The molecule has 3 aromatic rings. The lowest BCUT2D eigenvalue weighted by atomic mass is 10.0. The van der Waals surface area contributed by atoms with Gasteiger partial charge in [-0.2, -0.15) is 0 Å². The number of rotatable bonds is 8. The minimum absolute atomic E-state index is 0.175. The summed E-state index contributed by atoms with van der Waals surface area (Å²) in [6.45, 7) is 0.669. The number of carbonyl (C=O) groups excluding carboxylic acids is 2. The number of nitrogens with one attached hydrogen (secondary N) is 1. The summed E-state index contributed by atoms with van der Waals surface area (Å²) < 4.78 is 10.6. The molecule has 0 spiro atoms. The molecule has 1 heterocycles. The molecule has 4 rings (SSSR count). The van der Waals surface area contributed by atoms with Gasteiger partial charge in [-0.3, -0.25) is 9.59 Å². The van der Waals surface area contributed by atoms with E-state index < -0.39 is 6.04 Å². The number of methoxy groups -OCH3 is 2. The molecule has 1 aliphatic rings. The topological polar surface area (TPSA) is 67.9 Å². The molecular weight excluding hydrogens is 440 g/mol. The van der Waals surface area contributed by atoms with E-state index in [0.717, 1.165) is 11.1 Å². The van der Waals surface area contributed by atoms with Gasteiger partial charge in [0.25, 0.3) is 5.91 Å². The van der Waals surface area contributed by atoms with Crippen LogP contribution in [0.2, 0.25) is 5.02 Å². The molecule has 170 valence electrons. The van der Waals surface area contributed by atoms with Crippen molar-refractivity contribution in [1.29, 1.82) is 0 Å². The molecule has 0 saturated carbocycles. The third-order valence-corrected chi connectivity index (χ3v) is 6.13. The lowest BCUT2D eigenvalue weighted by Gasteiger charge is -2.25. The maximum Gasteiger partial charge on any atom is 0.255 e. The van der Waals surface area contributed by atoms with Gasteiger partial charge in [-0.1, -0.05) is 54.1 Å². The molecular formula is C26H25ClN2O4. The normalized spacial score (nSPS) is 14.7. The molecule has 0 unspecified atom stereocenters. The van der Waals surface area contributed by atoms with Crippen molar-refractivity contribution in [1.82, 2.24) is 10.2 Å². The molecule has 0 bridgehead atoms. The van der Waals surface area contributed by atoms with E-state index in [2.05, 4.69) is 5.32 Å². The number of fused-ring (bicyclic) bond motifs is 1. The summed E-state index contributed by atoms with van der Waals surface area (Å²) in [5, 5.41) is 3.56. The number of hydrogen-bond acceptors (Lipinski definition) is 4. The van der Waals surface area contributed by atoms with Crippen molar-refractivity contribution < 1.29 is 19.1 Å². The average molecular weight is 465 g/mol. The first-order valence-electron chi connectivity index (χ1n) is 10.7. The standard InChI is InChI=1S/C26H25ClN2O4/c1-32-22-12-11-17(15-23(22)33-2)13-14-28-25(30)24-19-8-4-5-9-20(19)26(31)29(24)16-18-7-3-6-10-21(18)27/h3-12,15,24H,13-14,16H2,1-2H3,(H,28,30)/t24-/m1/s1. The number of benzene rings is 3. The molecule has 1 aliphatic heterocycles. The zero-order valence-electron chi connectivity index (χ0n) is 18.5. The second-order valence-corrected chi connectivity index (χ2v) is 8.15. The van der Waals surface area contributed by atoms with Crippen LogP contribution in [0.1, 0.15) is 33.1 Å². The molecule has 7 heteroatoms. The largest absolute Gasteiger partial charge is 0.493 e. The third kappa shape index (κ3) is 4.66. The van der Waals surface area contributed by atoms with Gasteiger partial charge >= 0.3 is 0 Å². The summed E-state index contributed by atoms with van der Waals surface area (Å²) in [5.74, 6) is 0.899. The lowest BCUT2D eigenvalue weighted by Crippen LogP contribution is -2.39. The highest BCUT2D eigenvalue weighted by Crippen LogP contribution is 2.36. The average Bonchev–Trinajstić information content (AvgIpc) is 3.12. The molecule has 6 nitrogen and oxygen atoms in total. The Morgan fingerprint density at radius 3 is 2.48 bits per heavy atom. The van der Waals surface area contributed by atoms with Crippen LogP contribution >= 0.6 is 11.6 Å². The van der Waals surface area contributed by atoms with Crippen LogP contribution in [-0.4, -0.2) is 37.5 Å². The maximum atomic E-state index is 13.3. The first-order chi connectivity index (χ1) is 16.0. The van der Waals surface area contributed by atoms with Gasteiger partial charge < -0.3 is 19.7 Å². The molecule has 0 radical (unpaired) electrons. The van der Waals surface area contributed by atoms with E-state index in [1.54, 1.807) is 31.3 Å². The van der Waals surface area contributed by atoms with Crippen molar-refractivity contribution >= 4 is 23.4 Å². The van der Waals surface area contributed by atoms with E-state index in [0.29, 0.717) is 40.6 Å². The van der Waals surface area contributed by atoms with Crippen LogP contribution in [-0.2, 0) is 17.8 Å². The monoisotopic (exact) mass is 464 g/mol. The van der Waals surface area contributed by atoms with Crippen LogP contribution in [0.4, 0.5) is 0 Å². The number of halogens is 1. The molecule has 1 atom stereocenters. The maximum absolute atomic E-state index is 13.3. The number of hydrogen-bond donors (Lipinski definition) is 1. The highest BCUT2D eigenvalue weighted by molar-refractivity contribution is 6.31. The predicted molar refractivity (Wildman–Crippen MR) is 127 cm³/mol. The Bertz CT molecular complexity index is 1180. The lowest BCUT2D eigenvalue weighted by molar-refractivity contribution is -0.125. The summed E-state index contributed by atoms with van der Waals surface area (Å²) in [5.41, 5.74) is 3.05. The van der Waals surface area contributed by atoms with Gasteiger partial charge in [-0.05, 0) is 47.4 Å². The molecule has 0 aliphatic carbocycles. The van der Waals surface area contributed by atoms with Crippen molar-refractivity contribution in [3.05, 3.63) is 94.0 Å². The SMILES string of the molecule is COc1ccc(CCNC(=O)[C@H]2c3ccccc3C(=O)N2Cc2ccccc2Cl)cc1OC. The van der Waals surface area contributed by atoms with E-state index in [9.17, 15) is 9.59 Å². The first-order valence-corrected chi connectivity index (χ1v) is 11.0. The Morgan fingerprint density at radius 2 is 1.73 bits per heavy atom. The minimum atomic E-state index is -0.713. The number of ether oxygens (including phenoxy) is 2. The summed E-state index contributed by atoms with van der Waals surface area (Å²) in [6, 6.07) is 19.5. The quantitative estimate of drug-likeness (QED) is 0.536. The summed E-state index contributed by atoms with van der Waals surface area (Å²) in [7, 11) is 3.18. The Kier molecular flexibility index (Phi) is 6.84. The van der Waals surface area contributed by atoms with Gasteiger partial charge in [-0.25, -0.2) is 0 Å². The van der Waals surface area contributed by atoms with Gasteiger partial charge in [0.15, 0.2) is 11.5 Å². The second-order valence-electron chi connectivity index (χ2n) is 7.74. The van der Waals surface area contributed by atoms with Crippen molar-refractivity contribution in [2.45, 2.75) is 19.0 Å². The number of amides is 2. The van der Waals surface area contributed by atoms with Gasteiger partial charge in [0.05, 0.1) is 14.2 Å². The van der Waals surface area contributed by atoms with Crippen LogP contribution in [0.15, 0.2) is 66.7 Å². The second kappa shape index (κ2) is 9.96. The van der Waals surface area contributed by atoms with Crippen LogP contribution in [0, 0.1) is 0 Å². The zero-order valence-corrected chi connectivity index (χ0v) is 19.3. The molecule has 33 heavy (non-hydrogen) atoms. The molecule has 2 amide bonds. The zero-order chi connectivity index (χ0) is 23.4. The highest BCUT2D eigenvalue weighted by Gasteiger charge is 2.40. The Hall–Kier alpha value is -3.51. The van der Waals surface area contributed by atoms with Crippen LogP contribution in [0.25, 0.3) is 0 Å². The van der Waals surface area contributed by atoms with Crippen molar-refractivity contribution in [2.75, 3.05) is 20.8 Å². The number of nitrogens with zero attached hydrogens (tertiary/aromatic N) is 1. The van der Waals surface area contributed by atoms with Gasteiger partial charge in [0.1, 0.15) is 6.04 Å². The van der Waals surface area contributed by atoms with E-state index in [-0.39, 0.29) is 18.4 Å². The molecule has 0 aromatic heterocycles. The predicted octanol–water partition coefficient (Wildman–Crippen LogP) is 4.41. The van der Waals surface area contributed by atoms with Crippen molar-refractivity contribution in [3.63, 3.8) is 0 Å². The fourth-order valence-electron chi connectivity index (χ4n) is 4.09. The van der Waals surface area contributed by atoms with Crippen molar-refractivity contribution in [3.8, 4) is 11.5 Å². The van der Waals surface area contributed by atoms with Gasteiger partial charge in [-0.15, -0.1) is 0 Å². The van der Waals surface area contributed by atoms with Crippen LogP contribution < -0.4 is 14.8 Å². The Labute approximate surface area is 198 Å². The van der Waals surface area contributed by atoms with E-state index in [4.69, 9.17) is 21.1 Å².